The van der Waals surface area contributed by atoms with Crippen molar-refractivity contribution >= 4 is 0 Å². The van der Waals surface area contributed by atoms with Crippen LogP contribution in [-0.2, 0) is 10.3 Å². The number of rotatable bonds is 15. The predicted octanol–water partition coefficient (Wildman–Crippen LogP) is 7.12. The van der Waals surface area contributed by atoms with Crippen molar-refractivity contribution in [2.75, 3.05) is 20.8 Å². The Bertz CT molecular complexity index is 920. The standard InChI is InChI=1S/C31H40O4/c1-4-28(32)15-11-6-5-7-12-24-35-31(25-13-9-8-10-14-25,26-16-20-29(33-2)21-17-26)27-18-22-30(34-3)23-19-27/h8-10,13-14,16-23,28,32H,4-7,11-12,15,24H2,1-3H3. The Labute approximate surface area is 210 Å². The van der Waals surface area contributed by atoms with Crippen LogP contribution < -0.4 is 9.47 Å². The number of hydrogen-bond donors (Lipinski definition) is 1. The van der Waals surface area contributed by atoms with Gasteiger partial charge in [-0.3, -0.25) is 0 Å². The number of methoxy groups -OCH3 is 2. The normalized spacial score (nSPS) is 12.3. The minimum absolute atomic E-state index is 0.154. The van der Waals surface area contributed by atoms with E-state index in [1.165, 1.54) is 0 Å². The number of benzene rings is 3. The second kappa shape index (κ2) is 13.9. The van der Waals surface area contributed by atoms with Crippen molar-refractivity contribution in [1.29, 1.82) is 0 Å². The summed E-state index contributed by atoms with van der Waals surface area (Å²) in [5.74, 6) is 1.64. The lowest BCUT2D eigenvalue weighted by molar-refractivity contribution is 0.0105. The lowest BCUT2D eigenvalue weighted by atomic mass is 9.80. The van der Waals surface area contributed by atoms with Crippen LogP contribution in [0.5, 0.6) is 11.5 Å². The molecule has 4 heteroatoms. The predicted molar refractivity (Wildman–Crippen MR) is 142 cm³/mol. The molecule has 0 spiro atoms. The maximum Gasteiger partial charge on any atom is 0.143 e. The highest BCUT2D eigenvalue weighted by Gasteiger charge is 2.37. The maximum atomic E-state index is 9.74. The van der Waals surface area contributed by atoms with Crippen LogP contribution in [0.4, 0.5) is 0 Å². The third-order valence-electron chi connectivity index (χ3n) is 6.64. The van der Waals surface area contributed by atoms with Crippen LogP contribution in [0.3, 0.4) is 0 Å². The van der Waals surface area contributed by atoms with Gasteiger partial charge in [0.05, 0.1) is 20.3 Å². The van der Waals surface area contributed by atoms with Gasteiger partial charge in [-0.25, -0.2) is 0 Å². The average molecular weight is 477 g/mol. The first-order valence-corrected chi connectivity index (χ1v) is 12.8. The second-order valence-electron chi connectivity index (χ2n) is 8.97. The first-order chi connectivity index (χ1) is 17.1. The van der Waals surface area contributed by atoms with Crippen LogP contribution in [0.2, 0.25) is 0 Å². The number of ether oxygens (including phenoxy) is 3. The van der Waals surface area contributed by atoms with Crippen molar-refractivity contribution in [3.8, 4) is 11.5 Å². The Hall–Kier alpha value is -2.82. The van der Waals surface area contributed by atoms with E-state index in [9.17, 15) is 5.11 Å². The van der Waals surface area contributed by atoms with Gasteiger partial charge in [-0.05, 0) is 60.2 Å². The van der Waals surface area contributed by atoms with Crippen molar-refractivity contribution in [2.24, 2.45) is 0 Å². The van der Waals surface area contributed by atoms with Gasteiger partial charge in [0.2, 0.25) is 0 Å². The Morgan fingerprint density at radius 2 is 1.14 bits per heavy atom. The molecule has 0 aliphatic heterocycles. The number of aliphatic hydroxyl groups excluding tert-OH is 1. The van der Waals surface area contributed by atoms with Gasteiger partial charge < -0.3 is 19.3 Å². The van der Waals surface area contributed by atoms with Crippen molar-refractivity contribution in [1.82, 2.24) is 0 Å². The van der Waals surface area contributed by atoms with E-state index < -0.39 is 5.60 Å². The second-order valence-corrected chi connectivity index (χ2v) is 8.97. The highest BCUT2D eigenvalue weighted by Crippen LogP contribution is 2.41. The van der Waals surface area contributed by atoms with Gasteiger partial charge in [0.15, 0.2) is 0 Å². The largest absolute Gasteiger partial charge is 0.497 e. The molecule has 3 rings (SSSR count). The van der Waals surface area contributed by atoms with E-state index in [1.807, 2.05) is 37.3 Å². The fraction of sp³-hybridized carbons (Fsp3) is 0.419. The third kappa shape index (κ3) is 7.09. The van der Waals surface area contributed by atoms with Crippen LogP contribution in [0, 0.1) is 0 Å². The molecule has 4 nitrogen and oxygen atoms in total. The van der Waals surface area contributed by atoms with E-state index in [-0.39, 0.29) is 6.10 Å². The van der Waals surface area contributed by atoms with Gasteiger partial charge in [-0.2, -0.15) is 0 Å². The van der Waals surface area contributed by atoms with Crippen LogP contribution in [-0.4, -0.2) is 32.0 Å². The molecule has 0 aromatic heterocycles. The van der Waals surface area contributed by atoms with Gasteiger partial charge in [-0.1, -0.05) is 87.2 Å². The first-order valence-electron chi connectivity index (χ1n) is 12.8. The molecule has 1 unspecified atom stereocenters. The third-order valence-corrected chi connectivity index (χ3v) is 6.64. The molecule has 35 heavy (non-hydrogen) atoms. The van der Waals surface area contributed by atoms with Crippen molar-refractivity contribution in [3.63, 3.8) is 0 Å². The zero-order valence-electron chi connectivity index (χ0n) is 21.4. The van der Waals surface area contributed by atoms with Crippen molar-refractivity contribution in [2.45, 2.75) is 63.6 Å². The molecule has 0 fully saturated rings. The molecular weight excluding hydrogens is 436 g/mol. The average Bonchev–Trinajstić information content (AvgIpc) is 2.93. The van der Waals surface area contributed by atoms with E-state index in [0.29, 0.717) is 6.61 Å². The summed E-state index contributed by atoms with van der Waals surface area (Å²) in [5, 5.41) is 9.74. The molecular formula is C31H40O4. The highest BCUT2D eigenvalue weighted by atomic mass is 16.5. The summed E-state index contributed by atoms with van der Waals surface area (Å²) in [5.41, 5.74) is 2.46. The van der Waals surface area contributed by atoms with Crippen LogP contribution in [0.25, 0.3) is 0 Å². The van der Waals surface area contributed by atoms with Gasteiger partial charge in [0, 0.05) is 6.61 Å². The molecule has 1 N–H and O–H groups in total. The first kappa shape index (κ1) is 26.8. The fourth-order valence-electron chi connectivity index (χ4n) is 4.52. The van der Waals surface area contributed by atoms with Crippen LogP contribution in [0.1, 0.15) is 68.6 Å². The molecule has 0 aliphatic carbocycles. The van der Waals surface area contributed by atoms with Crippen LogP contribution >= 0.6 is 0 Å². The zero-order chi connectivity index (χ0) is 24.9. The van der Waals surface area contributed by atoms with Crippen molar-refractivity contribution in [3.05, 3.63) is 95.6 Å². The summed E-state index contributed by atoms with van der Waals surface area (Å²) in [6, 6.07) is 26.8. The minimum atomic E-state index is -0.745. The lowest BCUT2D eigenvalue weighted by Gasteiger charge is -2.36. The maximum absolute atomic E-state index is 9.74. The van der Waals surface area contributed by atoms with E-state index in [4.69, 9.17) is 14.2 Å². The molecule has 0 saturated heterocycles. The Morgan fingerprint density at radius 1 is 0.657 bits per heavy atom. The Kier molecular flexibility index (Phi) is 10.6. The van der Waals surface area contributed by atoms with E-state index in [1.54, 1.807) is 14.2 Å². The molecule has 3 aromatic rings. The fourth-order valence-corrected chi connectivity index (χ4v) is 4.52. The Balaban J connectivity index is 1.83. The van der Waals surface area contributed by atoms with Gasteiger partial charge in [0.25, 0.3) is 0 Å². The minimum Gasteiger partial charge on any atom is -0.497 e. The summed E-state index contributed by atoms with van der Waals surface area (Å²) < 4.78 is 17.7. The molecule has 0 amide bonds. The topological polar surface area (TPSA) is 47.9 Å². The SMILES string of the molecule is CCC(O)CCCCCCCOC(c1ccccc1)(c1ccc(OC)cc1)c1ccc(OC)cc1. The molecule has 188 valence electrons. The summed E-state index contributed by atoms with van der Waals surface area (Å²) in [6.45, 7) is 2.68. The molecule has 0 bridgehead atoms. The van der Waals surface area contributed by atoms with E-state index in [0.717, 1.165) is 73.1 Å². The number of aliphatic hydroxyl groups is 1. The summed E-state index contributed by atoms with van der Waals surface area (Å²) in [6.07, 6.45) is 7.07. The number of unbranched alkanes of at least 4 members (excludes halogenated alkanes) is 4. The smallest absolute Gasteiger partial charge is 0.143 e. The van der Waals surface area contributed by atoms with E-state index >= 15 is 0 Å². The molecule has 3 aromatic carbocycles. The molecule has 0 saturated carbocycles. The number of hydrogen-bond acceptors (Lipinski definition) is 4. The van der Waals surface area contributed by atoms with Gasteiger partial charge in [-0.15, -0.1) is 0 Å². The molecule has 0 heterocycles. The van der Waals surface area contributed by atoms with Crippen LogP contribution in [0.15, 0.2) is 78.9 Å². The van der Waals surface area contributed by atoms with Gasteiger partial charge in [0.1, 0.15) is 17.1 Å². The van der Waals surface area contributed by atoms with Gasteiger partial charge >= 0.3 is 0 Å². The highest BCUT2D eigenvalue weighted by molar-refractivity contribution is 5.49. The summed E-state index contributed by atoms with van der Waals surface area (Å²) >= 11 is 0. The summed E-state index contributed by atoms with van der Waals surface area (Å²) in [7, 11) is 3.37. The zero-order valence-corrected chi connectivity index (χ0v) is 21.4. The van der Waals surface area contributed by atoms with Crippen molar-refractivity contribution < 1.29 is 19.3 Å². The Morgan fingerprint density at radius 3 is 1.66 bits per heavy atom. The monoisotopic (exact) mass is 476 g/mol. The molecule has 0 radical (unpaired) electrons. The van der Waals surface area contributed by atoms with E-state index in [2.05, 4.69) is 48.5 Å². The molecule has 0 aliphatic rings. The lowest BCUT2D eigenvalue weighted by Crippen LogP contribution is -2.33. The quantitative estimate of drug-likeness (QED) is 0.187. The molecule has 1 atom stereocenters. The summed E-state index contributed by atoms with van der Waals surface area (Å²) in [4.78, 5) is 0.